The quantitative estimate of drug-likeness (QED) is 0.842. The van der Waals surface area contributed by atoms with Crippen molar-refractivity contribution in [2.45, 2.75) is 31.9 Å². The molecule has 0 aliphatic carbocycles. The molecule has 7 heteroatoms. The van der Waals surface area contributed by atoms with Gasteiger partial charge in [-0.25, -0.2) is 13.6 Å². The van der Waals surface area contributed by atoms with E-state index >= 15 is 0 Å². The van der Waals surface area contributed by atoms with E-state index in [0.717, 1.165) is 6.92 Å². The van der Waals surface area contributed by atoms with Crippen molar-refractivity contribution in [2.75, 3.05) is 0 Å². The number of carboxylic acid groups (broad SMARTS) is 1. The number of carboxylic acids is 1. The number of alkyl halides is 2. The molecule has 0 radical (unpaired) electrons. The van der Waals surface area contributed by atoms with Gasteiger partial charge in [-0.15, -0.1) is 0 Å². The van der Waals surface area contributed by atoms with Crippen molar-refractivity contribution >= 4 is 12.1 Å². The maximum atomic E-state index is 12.8. The molecule has 110 valence electrons. The van der Waals surface area contributed by atoms with Crippen LogP contribution in [-0.4, -0.2) is 29.1 Å². The van der Waals surface area contributed by atoms with E-state index in [1.54, 1.807) is 30.3 Å². The SMILES string of the molecule is CC(CC(=O)O)(NC(=O)OCc1ccccc1)C(F)F. The van der Waals surface area contributed by atoms with Crippen LogP contribution in [0.3, 0.4) is 0 Å². The third-order valence-electron chi connectivity index (χ3n) is 2.60. The van der Waals surface area contributed by atoms with Crippen LogP contribution >= 0.6 is 0 Å². The van der Waals surface area contributed by atoms with Crippen LogP contribution in [0.5, 0.6) is 0 Å². The van der Waals surface area contributed by atoms with Gasteiger partial charge in [-0.1, -0.05) is 30.3 Å². The monoisotopic (exact) mass is 287 g/mol. The molecule has 1 rings (SSSR count). The maximum absolute atomic E-state index is 12.8. The summed E-state index contributed by atoms with van der Waals surface area (Å²) in [4.78, 5) is 22.0. The summed E-state index contributed by atoms with van der Waals surface area (Å²) in [6.07, 6.45) is -5.01. The Balaban J connectivity index is 2.56. The molecule has 20 heavy (non-hydrogen) atoms. The van der Waals surface area contributed by atoms with Crippen LogP contribution in [0, 0.1) is 0 Å². The molecule has 0 aromatic heterocycles. The first-order valence-corrected chi connectivity index (χ1v) is 5.82. The van der Waals surface area contributed by atoms with Gasteiger partial charge in [0.25, 0.3) is 6.43 Å². The lowest BCUT2D eigenvalue weighted by atomic mass is 9.99. The largest absolute Gasteiger partial charge is 0.481 e. The predicted molar refractivity (Wildman–Crippen MR) is 66.4 cm³/mol. The van der Waals surface area contributed by atoms with E-state index < -0.39 is 30.4 Å². The van der Waals surface area contributed by atoms with Crippen LogP contribution in [0.25, 0.3) is 0 Å². The second-order valence-corrected chi connectivity index (χ2v) is 4.48. The number of nitrogens with one attached hydrogen (secondary N) is 1. The number of rotatable bonds is 6. The second kappa shape index (κ2) is 6.83. The highest BCUT2D eigenvalue weighted by molar-refractivity contribution is 5.72. The first-order valence-electron chi connectivity index (χ1n) is 5.82. The summed E-state index contributed by atoms with van der Waals surface area (Å²) in [5.74, 6) is -1.43. The molecule has 1 unspecified atom stereocenters. The smallest absolute Gasteiger partial charge is 0.408 e. The molecule has 0 bridgehead atoms. The van der Waals surface area contributed by atoms with Crippen molar-refractivity contribution in [1.82, 2.24) is 5.32 Å². The molecular weight excluding hydrogens is 272 g/mol. The van der Waals surface area contributed by atoms with E-state index in [4.69, 9.17) is 9.84 Å². The van der Waals surface area contributed by atoms with Crippen LogP contribution in [0.4, 0.5) is 13.6 Å². The minimum atomic E-state index is -3.03. The molecule has 0 saturated heterocycles. The molecule has 1 aromatic rings. The molecule has 0 heterocycles. The van der Waals surface area contributed by atoms with Crippen LogP contribution in [0.15, 0.2) is 30.3 Å². The molecule has 1 atom stereocenters. The van der Waals surface area contributed by atoms with E-state index in [-0.39, 0.29) is 6.61 Å². The Labute approximate surface area is 114 Å². The second-order valence-electron chi connectivity index (χ2n) is 4.48. The predicted octanol–water partition coefficient (Wildman–Crippen LogP) is 2.41. The summed E-state index contributed by atoms with van der Waals surface area (Å²) in [5, 5.41) is 10.5. The summed E-state index contributed by atoms with van der Waals surface area (Å²) in [7, 11) is 0. The first-order chi connectivity index (χ1) is 9.33. The van der Waals surface area contributed by atoms with Crippen molar-refractivity contribution < 1.29 is 28.2 Å². The molecule has 0 aliphatic heterocycles. The number of aliphatic carboxylic acids is 1. The third-order valence-corrected chi connectivity index (χ3v) is 2.60. The standard InChI is InChI=1S/C13H15F2NO4/c1-13(11(14)15,7-10(17)18)16-12(19)20-8-9-5-3-2-4-6-9/h2-6,11H,7-8H2,1H3,(H,16,19)(H,17,18). The zero-order chi connectivity index (χ0) is 15.2. The number of amides is 1. The Hall–Kier alpha value is -2.18. The molecule has 0 saturated carbocycles. The molecule has 1 aromatic carbocycles. The Morgan fingerprint density at radius 3 is 2.45 bits per heavy atom. The van der Waals surface area contributed by atoms with Crippen LogP contribution in [-0.2, 0) is 16.1 Å². The molecule has 0 aliphatic rings. The number of hydrogen-bond acceptors (Lipinski definition) is 3. The number of benzene rings is 1. The highest BCUT2D eigenvalue weighted by Gasteiger charge is 2.39. The summed E-state index contributed by atoms with van der Waals surface area (Å²) in [5.41, 5.74) is -1.47. The lowest BCUT2D eigenvalue weighted by Gasteiger charge is -2.27. The normalized spacial score (nSPS) is 13.6. The maximum Gasteiger partial charge on any atom is 0.408 e. The Morgan fingerprint density at radius 1 is 1.35 bits per heavy atom. The number of carbonyl (C=O) groups is 2. The van der Waals surface area contributed by atoms with Gasteiger partial charge in [0, 0.05) is 0 Å². The van der Waals surface area contributed by atoms with Gasteiger partial charge >= 0.3 is 12.1 Å². The minimum absolute atomic E-state index is 0.0843. The van der Waals surface area contributed by atoms with E-state index in [9.17, 15) is 18.4 Å². The number of halogens is 2. The zero-order valence-corrected chi connectivity index (χ0v) is 10.8. The molecule has 0 fully saturated rings. The van der Waals surface area contributed by atoms with Gasteiger partial charge in [0.1, 0.15) is 12.1 Å². The van der Waals surface area contributed by atoms with Gasteiger partial charge in [0.15, 0.2) is 0 Å². The van der Waals surface area contributed by atoms with Crippen molar-refractivity contribution in [3.05, 3.63) is 35.9 Å². The van der Waals surface area contributed by atoms with Gasteiger partial charge in [-0.05, 0) is 12.5 Å². The molecular formula is C13H15F2NO4. The third kappa shape index (κ3) is 4.83. The van der Waals surface area contributed by atoms with Crippen LogP contribution < -0.4 is 5.32 Å². The van der Waals surface area contributed by atoms with Crippen molar-refractivity contribution in [2.24, 2.45) is 0 Å². The number of hydrogen-bond donors (Lipinski definition) is 2. The van der Waals surface area contributed by atoms with E-state index in [1.807, 2.05) is 5.32 Å². The number of ether oxygens (including phenoxy) is 1. The molecule has 5 nitrogen and oxygen atoms in total. The van der Waals surface area contributed by atoms with Gasteiger partial charge in [0.2, 0.25) is 0 Å². The Morgan fingerprint density at radius 2 is 1.95 bits per heavy atom. The fourth-order valence-corrected chi connectivity index (χ4v) is 1.48. The van der Waals surface area contributed by atoms with E-state index in [2.05, 4.69) is 0 Å². The number of carbonyl (C=O) groups excluding carboxylic acids is 1. The van der Waals surface area contributed by atoms with E-state index in [1.165, 1.54) is 0 Å². The zero-order valence-electron chi connectivity index (χ0n) is 10.8. The lowest BCUT2D eigenvalue weighted by Crippen LogP contribution is -2.52. The highest BCUT2D eigenvalue weighted by Crippen LogP contribution is 2.20. The average molecular weight is 287 g/mol. The Kier molecular flexibility index (Phi) is 5.42. The van der Waals surface area contributed by atoms with Crippen molar-refractivity contribution in [3.63, 3.8) is 0 Å². The number of alkyl carbamates (subject to hydrolysis) is 1. The van der Waals surface area contributed by atoms with E-state index in [0.29, 0.717) is 5.56 Å². The molecule has 2 N–H and O–H groups in total. The molecule has 1 amide bonds. The van der Waals surface area contributed by atoms with Gasteiger partial charge < -0.3 is 15.2 Å². The van der Waals surface area contributed by atoms with Gasteiger partial charge in [-0.3, -0.25) is 4.79 Å². The summed E-state index contributed by atoms with van der Waals surface area (Å²) < 4.78 is 30.4. The molecule has 0 spiro atoms. The summed E-state index contributed by atoms with van der Waals surface area (Å²) in [6, 6.07) is 8.67. The van der Waals surface area contributed by atoms with Gasteiger partial charge in [-0.2, -0.15) is 0 Å². The minimum Gasteiger partial charge on any atom is -0.481 e. The first kappa shape index (κ1) is 15.9. The highest BCUT2D eigenvalue weighted by atomic mass is 19.3. The summed E-state index contributed by atoms with van der Waals surface area (Å²) >= 11 is 0. The van der Waals surface area contributed by atoms with Crippen molar-refractivity contribution in [1.29, 1.82) is 0 Å². The van der Waals surface area contributed by atoms with Gasteiger partial charge in [0.05, 0.1) is 6.42 Å². The fraction of sp³-hybridized carbons (Fsp3) is 0.385. The fourth-order valence-electron chi connectivity index (χ4n) is 1.48. The average Bonchev–Trinajstić information content (AvgIpc) is 2.36. The van der Waals surface area contributed by atoms with Crippen molar-refractivity contribution in [3.8, 4) is 0 Å². The lowest BCUT2D eigenvalue weighted by molar-refractivity contribution is -0.140. The Bertz CT molecular complexity index is 467. The summed E-state index contributed by atoms with van der Waals surface area (Å²) in [6.45, 7) is 0.870. The van der Waals surface area contributed by atoms with Crippen LogP contribution in [0.1, 0.15) is 18.9 Å². The topological polar surface area (TPSA) is 75.6 Å². The van der Waals surface area contributed by atoms with Crippen LogP contribution in [0.2, 0.25) is 0 Å².